The van der Waals surface area contributed by atoms with Crippen molar-refractivity contribution in [2.75, 3.05) is 11.9 Å². The van der Waals surface area contributed by atoms with Gasteiger partial charge in [-0.3, -0.25) is 10.1 Å². The number of rotatable bonds is 12. The molecule has 0 spiro atoms. The minimum absolute atomic E-state index is 0.0191. The highest BCUT2D eigenvalue weighted by Gasteiger charge is 2.31. The van der Waals surface area contributed by atoms with E-state index in [2.05, 4.69) is 25.5 Å². The summed E-state index contributed by atoms with van der Waals surface area (Å²) in [5, 5.41) is 14.1. The van der Waals surface area contributed by atoms with Crippen LogP contribution in [0.1, 0.15) is 16.7 Å². The van der Waals surface area contributed by atoms with Crippen LogP contribution < -0.4 is 14.6 Å². The second-order valence-electron chi connectivity index (χ2n) is 7.66. The Bertz CT molecular complexity index is 1380. The number of nitrogens with one attached hydrogen (secondary N) is 1. The molecule has 17 heteroatoms. The molecular weight excluding hydrogens is 644 g/mol. The van der Waals surface area contributed by atoms with Crippen LogP contribution in [0.4, 0.5) is 36.4 Å². The molecule has 1 atom stereocenters. The van der Waals surface area contributed by atoms with Gasteiger partial charge in [0.2, 0.25) is 17.4 Å². The van der Waals surface area contributed by atoms with Crippen LogP contribution in [0, 0.1) is 33.4 Å². The lowest BCUT2D eigenvalue weighted by atomic mass is 10.1. The molecule has 0 heterocycles. The summed E-state index contributed by atoms with van der Waals surface area (Å²) in [6.07, 6.45) is -4.62. The predicted molar refractivity (Wildman–Crippen MR) is 129 cm³/mol. The van der Waals surface area contributed by atoms with Gasteiger partial charge in [-0.1, -0.05) is 21.0 Å². The maximum atomic E-state index is 14.5. The number of nitro groups is 1. The van der Waals surface area contributed by atoms with Crippen LogP contribution in [-0.4, -0.2) is 16.8 Å². The first-order chi connectivity index (χ1) is 18.8. The topological polar surface area (TPSA) is 99.9 Å². The van der Waals surface area contributed by atoms with Crippen molar-refractivity contribution < 1.29 is 54.2 Å². The minimum atomic E-state index is -4.62. The van der Waals surface area contributed by atoms with Crippen molar-refractivity contribution in [1.29, 1.82) is 0 Å². The minimum Gasteiger partial charge on any atom is -0.483 e. The zero-order valence-corrected chi connectivity index (χ0v) is 22.2. The summed E-state index contributed by atoms with van der Waals surface area (Å²) in [4.78, 5) is 10.5. The van der Waals surface area contributed by atoms with E-state index in [1.54, 1.807) is 0 Å². The third-order valence-electron chi connectivity index (χ3n) is 4.99. The fourth-order valence-corrected chi connectivity index (χ4v) is 4.22. The van der Waals surface area contributed by atoms with Crippen molar-refractivity contribution in [2.45, 2.75) is 19.4 Å². The summed E-state index contributed by atoms with van der Waals surface area (Å²) in [7, 11) is -2.58. The standard InChI is InChI=1S/C23H16BrF7N2O6P/c24-7-8-32-40(36)38-11-15-18(25)20(27)22(21(28)19(15)26)37-10-12-1-6-16(33(34)35)17(9-12)39-14-4-2-13(3-5-14)23(29,30)31/h1-6,9H,7-8,10-11H2,(H,32,36)/q+1. The summed E-state index contributed by atoms with van der Waals surface area (Å²) >= 11 is 3.04. The van der Waals surface area contributed by atoms with Gasteiger partial charge in [-0.25, -0.2) is 8.78 Å². The normalized spacial score (nSPS) is 11.8. The molecule has 1 unspecified atom stereocenters. The molecule has 0 fully saturated rings. The third kappa shape index (κ3) is 7.65. The average molecular weight is 660 g/mol. The molecule has 0 bridgehead atoms. The summed E-state index contributed by atoms with van der Waals surface area (Å²) < 4.78 is 123. The highest BCUT2D eigenvalue weighted by Crippen LogP contribution is 2.36. The molecule has 0 aromatic heterocycles. The molecule has 0 aliphatic carbocycles. The Balaban J connectivity index is 1.81. The highest BCUT2D eigenvalue weighted by molar-refractivity contribution is 9.09. The predicted octanol–water partition coefficient (Wildman–Crippen LogP) is 7.70. The van der Waals surface area contributed by atoms with Gasteiger partial charge in [0, 0.05) is 11.4 Å². The monoisotopic (exact) mass is 659 g/mol. The summed E-state index contributed by atoms with van der Waals surface area (Å²) in [5.41, 5.74) is -2.78. The number of alkyl halides is 4. The molecule has 0 saturated carbocycles. The summed E-state index contributed by atoms with van der Waals surface area (Å²) in [6.45, 7) is -1.65. The van der Waals surface area contributed by atoms with E-state index in [1.807, 2.05) is 0 Å². The van der Waals surface area contributed by atoms with Gasteiger partial charge in [-0.2, -0.15) is 22.0 Å². The van der Waals surface area contributed by atoms with Crippen LogP contribution >= 0.6 is 24.1 Å². The summed E-state index contributed by atoms with van der Waals surface area (Å²) in [6, 6.07) is 6.24. The zero-order valence-electron chi connectivity index (χ0n) is 19.7. The van der Waals surface area contributed by atoms with Gasteiger partial charge in [0.05, 0.1) is 22.6 Å². The lowest BCUT2D eigenvalue weighted by Gasteiger charge is -2.13. The number of nitrogens with zero attached hydrogens (tertiary/aromatic N) is 1. The van der Waals surface area contributed by atoms with E-state index in [1.165, 1.54) is 0 Å². The summed E-state index contributed by atoms with van der Waals surface area (Å²) in [5.74, 6) is -9.63. The Hall–Kier alpha value is -3.33. The van der Waals surface area contributed by atoms with Gasteiger partial charge in [-0.05, 0) is 46.5 Å². The van der Waals surface area contributed by atoms with Crippen LogP contribution in [0.3, 0.4) is 0 Å². The van der Waals surface area contributed by atoms with Crippen molar-refractivity contribution in [3.8, 4) is 17.2 Å². The fraction of sp³-hybridized carbons (Fsp3) is 0.217. The van der Waals surface area contributed by atoms with Crippen molar-refractivity contribution in [2.24, 2.45) is 0 Å². The Labute approximate surface area is 230 Å². The largest absolute Gasteiger partial charge is 0.613 e. The van der Waals surface area contributed by atoms with E-state index < -0.39 is 84.1 Å². The molecule has 40 heavy (non-hydrogen) atoms. The van der Waals surface area contributed by atoms with Crippen LogP contribution in [-0.2, 0) is 28.5 Å². The molecule has 8 nitrogen and oxygen atoms in total. The number of hydrogen-bond acceptors (Lipinski definition) is 6. The first kappa shape index (κ1) is 31.2. The van der Waals surface area contributed by atoms with Gasteiger partial charge in [-0.15, -0.1) is 4.52 Å². The van der Waals surface area contributed by atoms with Gasteiger partial charge in [0.25, 0.3) is 0 Å². The van der Waals surface area contributed by atoms with Gasteiger partial charge in [0.1, 0.15) is 19.0 Å². The molecule has 0 aliphatic heterocycles. The molecule has 0 amide bonds. The SMILES string of the molecule is O=[N+]([O-])c1ccc(COc2c(F)c(F)c(CO[P+](=O)NCCBr)c(F)c2F)cc1Oc1ccc(C(F)(F)F)cc1. The smallest absolute Gasteiger partial charge is 0.483 e. The molecule has 3 rings (SSSR count). The van der Waals surface area contributed by atoms with Crippen molar-refractivity contribution in [1.82, 2.24) is 5.09 Å². The molecule has 214 valence electrons. The number of halogens is 8. The maximum absolute atomic E-state index is 14.5. The number of benzene rings is 3. The van der Waals surface area contributed by atoms with E-state index >= 15 is 0 Å². The van der Waals surface area contributed by atoms with Crippen LogP contribution in [0.5, 0.6) is 17.2 Å². The zero-order chi connectivity index (χ0) is 29.6. The molecule has 0 saturated heterocycles. The molecule has 3 aromatic rings. The Morgan fingerprint density at radius 1 is 0.950 bits per heavy atom. The quantitative estimate of drug-likeness (QED) is 0.0531. The van der Waals surface area contributed by atoms with E-state index in [-0.39, 0.29) is 17.9 Å². The van der Waals surface area contributed by atoms with Gasteiger partial charge < -0.3 is 9.47 Å². The molecule has 3 aromatic carbocycles. The average Bonchev–Trinajstić information content (AvgIpc) is 2.90. The number of nitro benzene ring substituents is 1. The molecule has 1 N–H and O–H groups in total. The van der Waals surface area contributed by atoms with E-state index in [0.717, 1.165) is 30.3 Å². The number of hydrogen-bond donors (Lipinski definition) is 1. The van der Waals surface area contributed by atoms with Crippen LogP contribution in [0.2, 0.25) is 0 Å². The molecule has 0 radical (unpaired) electrons. The van der Waals surface area contributed by atoms with Crippen molar-refractivity contribution in [3.05, 3.63) is 92.5 Å². The van der Waals surface area contributed by atoms with Gasteiger partial charge >= 0.3 is 20.0 Å². The Morgan fingerprint density at radius 3 is 2.12 bits per heavy atom. The highest BCUT2D eigenvalue weighted by atomic mass is 79.9. The van der Waals surface area contributed by atoms with Crippen molar-refractivity contribution in [3.63, 3.8) is 0 Å². The third-order valence-corrected chi connectivity index (χ3v) is 6.23. The van der Waals surface area contributed by atoms with E-state index in [9.17, 15) is 45.4 Å². The Kier molecular flexibility index (Phi) is 10.4. The molecular formula is C23H16BrF7N2O6P+. The van der Waals surface area contributed by atoms with E-state index in [0.29, 0.717) is 17.5 Å². The fourth-order valence-electron chi connectivity index (χ4n) is 3.09. The van der Waals surface area contributed by atoms with Crippen LogP contribution in [0.25, 0.3) is 0 Å². The Morgan fingerprint density at radius 2 is 1.57 bits per heavy atom. The van der Waals surface area contributed by atoms with Crippen molar-refractivity contribution >= 4 is 29.8 Å². The maximum Gasteiger partial charge on any atom is 0.613 e. The van der Waals surface area contributed by atoms with Crippen LogP contribution in [0.15, 0.2) is 42.5 Å². The number of ether oxygens (including phenoxy) is 2. The first-order valence-electron chi connectivity index (χ1n) is 10.8. The molecule has 0 aliphatic rings. The van der Waals surface area contributed by atoms with E-state index in [4.69, 9.17) is 9.47 Å². The second-order valence-corrected chi connectivity index (χ2v) is 9.54. The van der Waals surface area contributed by atoms with Gasteiger partial charge in [0.15, 0.2) is 17.4 Å². The lowest BCUT2D eigenvalue weighted by Crippen LogP contribution is -2.11. The second kappa shape index (κ2) is 13.4. The lowest BCUT2D eigenvalue weighted by molar-refractivity contribution is -0.385. The first-order valence-corrected chi connectivity index (χ1v) is 13.1.